The zero-order chi connectivity index (χ0) is 23.2. The van der Waals surface area contributed by atoms with E-state index in [1.54, 1.807) is 6.08 Å². The minimum Gasteiger partial charge on any atom is -0.481 e. The van der Waals surface area contributed by atoms with Gasteiger partial charge in [-0.05, 0) is 73.8 Å². The molecule has 2 heteroatoms. The third-order valence-electron chi connectivity index (χ3n) is 7.56. The maximum atomic E-state index is 12.3. The molecule has 1 aliphatic rings. The van der Waals surface area contributed by atoms with Crippen molar-refractivity contribution in [1.29, 1.82) is 0 Å². The molecule has 2 unspecified atom stereocenters. The molecule has 0 aliphatic heterocycles. The van der Waals surface area contributed by atoms with Crippen LogP contribution in [0.1, 0.15) is 46.9 Å². The quantitative estimate of drug-likeness (QED) is 0.226. The topological polar surface area (TPSA) is 37.3 Å². The molecule has 0 spiro atoms. The smallest absolute Gasteiger partial charge is 0.314 e. The minimum absolute atomic E-state index is 0.168. The van der Waals surface area contributed by atoms with E-state index in [0.29, 0.717) is 0 Å². The van der Waals surface area contributed by atoms with Crippen LogP contribution in [0, 0.1) is 0 Å². The molecule has 0 heterocycles. The number of aliphatic carboxylic acids is 1. The monoisotopic (exact) mass is 442 g/mol. The van der Waals surface area contributed by atoms with Crippen molar-refractivity contribution in [2.24, 2.45) is 0 Å². The zero-order valence-corrected chi connectivity index (χ0v) is 19.0. The molecule has 0 aromatic heterocycles. The first-order valence-electron chi connectivity index (χ1n) is 12.0. The third kappa shape index (κ3) is 3.13. The van der Waals surface area contributed by atoms with E-state index in [-0.39, 0.29) is 5.92 Å². The first kappa shape index (κ1) is 20.7. The van der Waals surface area contributed by atoms with E-state index in [2.05, 4.69) is 73.3 Å². The maximum Gasteiger partial charge on any atom is 0.314 e. The highest BCUT2D eigenvalue weighted by molar-refractivity contribution is 6.09. The fourth-order valence-corrected chi connectivity index (χ4v) is 6.04. The molecule has 0 saturated carbocycles. The number of hydrogen-bond acceptors (Lipinski definition) is 1. The molecule has 5 aromatic rings. The van der Waals surface area contributed by atoms with E-state index < -0.39 is 11.9 Å². The largest absolute Gasteiger partial charge is 0.481 e. The van der Waals surface area contributed by atoms with Crippen molar-refractivity contribution in [2.75, 3.05) is 0 Å². The molecule has 0 bridgehead atoms. The Labute approximate surface area is 199 Å². The van der Waals surface area contributed by atoms with E-state index in [0.717, 1.165) is 41.2 Å². The van der Waals surface area contributed by atoms with Crippen molar-refractivity contribution in [3.05, 3.63) is 120 Å². The predicted molar refractivity (Wildman–Crippen MR) is 141 cm³/mol. The highest BCUT2D eigenvalue weighted by Crippen LogP contribution is 2.45. The lowest BCUT2D eigenvalue weighted by Gasteiger charge is -2.30. The molecule has 1 N–H and O–H groups in total. The van der Waals surface area contributed by atoms with Crippen LogP contribution in [0.15, 0.2) is 97.6 Å². The molecular weight excluding hydrogens is 416 g/mol. The van der Waals surface area contributed by atoms with Crippen LogP contribution in [0.4, 0.5) is 0 Å². The second-order valence-electron chi connectivity index (χ2n) is 9.30. The van der Waals surface area contributed by atoms with Gasteiger partial charge in [-0.3, -0.25) is 4.79 Å². The van der Waals surface area contributed by atoms with Gasteiger partial charge in [-0.2, -0.15) is 0 Å². The van der Waals surface area contributed by atoms with Crippen LogP contribution in [0.25, 0.3) is 32.3 Å². The van der Waals surface area contributed by atoms with E-state index >= 15 is 0 Å². The van der Waals surface area contributed by atoms with Gasteiger partial charge in [-0.1, -0.05) is 91.0 Å². The Morgan fingerprint density at radius 3 is 2.21 bits per heavy atom. The van der Waals surface area contributed by atoms with Gasteiger partial charge < -0.3 is 5.11 Å². The van der Waals surface area contributed by atoms with Gasteiger partial charge in [-0.15, -0.1) is 6.58 Å². The second kappa shape index (κ2) is 8.14. The van der Waals surface area contributed by atoms with Gasteiger partial charge in [0.2, 0.25) is 0 Å². The van der Waals surface area contributed by atoms with Gasteiger partial charge in [0, 0.05) is 5.92 Å². The molecule has 0 fully saturated rings. The molecule has 1 aliphatic carbocycles. The molecule has 0 amide bonds. The lowest BCUT2D eigenvalue weighted by molar-refractivity contribution is -0.137. The Balaban J connectivity index is 1.61. The Hall–Kier alpha value is -3.91. The predicted octanol–water partition coefficient (Wildman–Crippen LogP) is 7.97. The van der Waals surface area contributed by atoms with Crippen molar-refractivity contribution in [1.82, 2.24) is 0 Å². The highest BCUT2D eigenvalue weighted by Gasteiger charge is 2.30. The minimum atomic E-state index is -0.853. The number of benzene rings is 5. The van der Waals surface area contributed by atoms with Crippen LogP contribution in [-0.2, 0) is 11.2 Å². The number of hydrogen-bond donors (Lipinski definition) is 1. The summed E-state index contributed by atoms with van der Waals surface area (Å²) in [4.78, 5) is 12.3. The fraction of sp³-hybridized carbons (Fsp3) is 0.156. The molecule has 166 valence electrons. The van der Waals surface area contributed by atoms with Gasteiger partial charge in [0.1, 0.15) is 5.92 Å². The van der Waals surface area contributed by atoms with Crippen molar-refractivity contribution in [3.63, 3.8) is 0 Å². The number of carbonyl (C=O) groups is 1. The summed E-state index contributed by atoms with van der Waals surface area (Å²) in [6.45, 7) is 3.89. The van der Waals surface area contributed by atoms with E-state index in [4.69, 9.17) is 0 Å². The van der Waals surface area contributed by atoms with Crippen molar-refractivity contribution < 1.29 is 9.90 Å². The number of carboxylic acids is 1. The van der Waals surface area contributed by atoms with Gasteiger partial charge in [-0.25, -0.2) is 0 Å². The molecule has 6 rings (SSSR count). The lowest BCUT2D eigenvalue weighted by atomic mass is 9.73. The Bertz CT molecular complexity index is 1590. The summed E-state index contributed by atoms with van der Waals surface area (Å²) in [5, 5.41) is 17.3. The zero-order valence-electron chi connectivity index (χ0n) is 19.0. The molecule has 0 saturated heterocycles. The second-order valence-corrected chi connectivity index (χ2v) is 9.30. The SMILES string of the molecule is C=CC(C(=O)O)c1c(C2CCCc3c2ccc2c3ccc3ccccc32)ccc2ccccc12. The van der Waals surface area contributed by atoms with Crippen LogP contribution >= 0.6 is 0 Å². The first-order chi connectivity index (χ1) is 16.7. The van der Waals surface area contributed by atoms with Gasteiger partial charge in [0.05, 0.1) is 0 Å². The van der Waals surface area contributed by atoms with Crippen LogP contribution in [0.2, 0.25) is 0 Å². The van der Waals surface area contributed by atoms with Crippen molar-refractivity contribution in [2.45, 2.75) is 31.1 Å². The number of aryl methyl sites for hydroxylation is 1. The van der Waals surface area contributed by atoms with E-state index in [9.17, 15) is 9.90 Å². The summed E-state index contributed by atoms with van der Waals surface area (Å²) in [5.41, 5.74) is 4.74. The molecule has 0 radical (unpaired) electrons. The molecule has 2 atom stereocenters. The Kier molecular flexibility index (Phi) is 4.95. The molecule has 34 heavy (non-hydrogen) atoms. The number of fused-ring (bicyclic) bond motifs is 6. The summed E-state index contributed by atoms with van der Waals surface area (Å²) < 4.78 is 0. The Morgan fingerprint density at radius 1 is 0.794 bits per heavy atom. The van der Waals surface area contributed by atoms with Gasteiger partial charge in [0.25, 0.3) is 0 Å². The maximum absolute atomic E-state index is 12.3. The van der Waals surface area contributed by atoms with E-state index in [1.165, 1.54) is 32.7 Å². The number of rotatable bonds is 4. The summed E-state index contributed by atoms with van der Waals surface area (Å²) in [6, 6.07) is 30.0. The molecule has 2 nitrogen and oxygen atoms in total. The van der Waals surface area contributed by atoms with Crippen LogP contribution in [0.3, 0.4) is 0 Å². The summed E-state index contributed by atoms with van der Waals surface area (Å²) in [5.74, 6) is -1.43. The fourth-order valence-electron chi connectivity index (χ4n) is 6.04. The van der Waals surface area contributed by atoms with E-state index in [1.807, 2.05) is 18.2 Å². The summed E-state index contributed by atoms with van der Waals surface area (Å²) in [7, 11) is 0. The molecule has 5 aromatic carbocycles. The van der Waals surface area contributed by atoms with Crippen LogP contribution in [-0.4, -0.2) is 11.1 Å². The van der Waals surface area contributed by atoms with Crippen LogP contribution < -0.4 is 0 Å². The normalized spacial score (nSPS) is 16.4. The summed E-state index contributed by atoms with van der Waals surface area (Å²) >= 11 is 0. The molecular formula is C32H26O2. The van der Waals surface area contributed by atoms with Crippen LogP contribution in [0.5, 0.6) is 0 Å². The summed E-state index contributed by atoms with van der Waals surface area (Å²) in [6.07, 6.45) is 4.72. The first-order valence-corrected chi connectivity index (χ1v) is 12.0. The van der Waals surface area contributed by atoms with Gasteiger partial charge in [0.15, 0.2) is 0 Å². The Morgan fingerprint density at radius 2 is 1.44 bits per heavy atom. The average Bonchev–Trinajstić information content (AvgIpc) is 2.88. The van der Waals surface area contributed by atoms with Gasteiger partial charge >= 0.3 is 5.97 Å². The van der Waals surface area contributed by atoms with Crippen molar-refractivity contribution in [3.8, 4) is 0 Å². The standard InChI is InChI=1S/C32H26O2/c1-2-22(32(33)34)31-24-11-6-4-9-21(24)15-17-30(31)26-13-7-12-25-28-16-14-20-8-3-5-10-23(20)27(28)18-19-29(25)26/h2-6,8-11,14-19,22,26H,1,7,12-13H2,(H,33,34). The highest BCUT2D eigenvalue weighted by atomic mass is 16.4. The number of carboxylic acid groups (broad SMARTS) is 1. The lowest BCUT2D eigenvalue weighted by Crippen LogP contribution is -2.17. The third-order valence-corrected chi connectivity index (χ3v) is 7.56. The van der Waals surface area contributed by atoms with Crippen molar-refractivity contribution >= 4 is 38.3 Å². The average molecular weight is 443 g/mol.